The van der Waals surface area contributed by atoms with Crippen LogP contribution in [0.25, 0.3) is 0 Å². The van der Waals surface area contributed by atoms with Crippen molar-refractivity contribution in [1.29, 1.82) is 0 Å². The van der Waals surface area contributed by atoms with Crippen LogP contribution >= 0.6 is 0 Å². The summed E-state index contributed by atoms with van der Waals surface area (Å²) in [5.41, 5.74) is 1.87. The maximum absolute atomic E-state index is 12.6. The fourth-order valence-corrected chi connectivity index (χ4v) is 3.00. The Bertz CT molecular complexity index is 737. The number of hydrogen-bond donors (Lipinski definition) is 3. The van der Waals surface area contributed by atoms with Gasteiger partial charge in [-0.1, -0.05) is 18.2 Å². The second kappa shape index (κ2) is 7.09. The molecule has 0 aromatic heterocycles. The third-order valence-electron chi connectivity index (χ3n) is 4.76. The number of benzene rings is 1. The number of hydrogen-bond acceptors (Lipinski definition) is 3. The van der Waals surface area contributed by atoms with E-state index < -0.39 is 17.8 Å². The highest BCUT2D eigenvalue weighted by atomic mass is 16.4. The number of nitrogens with one attached hydrogen (secondary N) is 2. The van der Waals surface area contributed by atoms with Crippen LogP contribution in [0.15, 0.2) is 30.4 Å². The van der Waals surface area contributed by atoms with Gasteiger partial charge in [0.25, 0.3) is 5.91 Å². The minimum absolute atomic E-state index is 0.151. The van der Waals surface area contributed by atoms with E-state index in [4.69, 9.17) is 0 Å². The van der Waals surface area contributed by atoms with Gasteiger partial charge in [-0.15, -0.1) is 0 Å². The molecule has 2 aliphatic rings. The average molecular weight is 342 g/mol. The summed E-state index contributed by atoms with van der Waals surface area (Å²) in [4.78, 5) is 36.1. The Kier molecular flexibility index (Phi) is 4.88. The smallest absolute Gasteiger partial charge is 0.307 e. The zero-order chi connectivity index (χ0) is 18.0. The monoisotopic (exact) mass is 342 g/mol. The van der Waals surface area contributed by atoms with Crippen LogP contribution < -0.4 is 10.6 Å². The second-order valence-electron chi connectivity index (χ2n) is 6.76. The summed E-state index contributed by atoms with van der Waals surface area (Å²) in [7, 11) is 0. The van der Waals surface area contributed by atoms with Crippen molar-refractivity contribution in [2.24, 2.45) is 11.8 Å². The first kappa shape index (κ1) is 17.2. The van der Waals surface area contributed by atoms with E-state index >= 15 is 0 Å². The minimum atomic E-state index is -0.959. The quantitative estimate of drug-likeness (QED) is 0.716. The molecule has 132 valence electrons. The number of anilines is 1. The summed E-state index contributed by atoms with van der Waals surface area (Å²) < 4.78 is 0. The fourth-order valence-electron chi connectivity index (χ4n) is 3.00. The summed E-state index contributed by atoms with van der Waals surface area (Å²) in [6.45, 7) is 1.84. The summed E-state index contributed by atoms with van der Waals surface area (Å²) >= 11 is 0. The minimum Gasteiger partial charge on any atom is -0.481 e. The molecule has 0 bridgehead atoms. The van der Waals surface area contributed by atoms with E-state index in [1.165, 1.54) is 0 Å². The number of aliphatic carboxylic acids is 1. The Balaban J connectivity index is 1.74. The van der Waals surface area contributed by atoms with E-state index in [1.807, 2.05) is 13.0 Å². The van der Waals surface area contributed by atoms with Crippen LogP contribution in [0.3, 0.4) is 0 Å². The Labute approximate surface area is 146 Å². The molecule has 0 aliphatic heterocycles. The molecule has 6 nitrogen and oxygen atoms in total. The number of carboxylic acid groups (broad SMARTS) is 1. The van der Waals surface area contributed by atoms with E-state index in [2.05, 4.69) is 10.6 Å². The van der Waals surface area contributed by atoms with Gasteiger partial charge >= 0.3 is 5.97 Å². The Hall–Kier alpha value is -2.63. The van der Waals surface area contributed by atoms with Crippen LogP contribution in [0.1, 0.15) is 41.6 Å². The molecular formula is C19H22N2O4. The normalized spacial score (nSPS) is 22.3. The summed E-state index contributed by atoms with van der Waals surface area (Å²) in [5, 5.41) is 15.0. The van der Waals surface area contributed by atoms with Crippen molar-refractivity contribution < 1.29 is 19.5 Å². The van der Waals surface area contributed by atoms with Gasteiger partial charge in [-0.05, 0) is 50.3 Å². The standard InChI is InChI=1S/C19H22N2O4/c1-11-6-7-12(17(22)20-13-8-9-13)10-16(11)21-18(23)14-4-2-3-5-15(14)19(24)25/h2-3,6-7,10,13-15H,4-5,8-9H2,1H3,(H,20,22)(H,21,23)(H,24,25)/t14-,15-/m0/s1. The van der Waals surface area contributed by atoms with Crippen molar-refractivity contribution in [3.05, 3.63) is 41.5 Å². The molecule has 2 amide bonds. The maximum Gasteiger partial charge on any atom is 0.307 e. The van der Waals surface area contributed by atoms with Gasteiger partial charge in [0.05, 0.1) is 11.8 Å². The van der Waals surface area contributed by atoms with Gasteiger partial charge in [-0.2, -0.15) is 0 Å². The molecule has 2 aliphatic carbocycles. The van der Waals surface area contributed by atoms with Gasteiger partial charge in [0.15, 0.2) is 0 Å². The van der Waals surface area contributed by atoms with Crippen molar-refractivity contribution in [2.45, 2.75) is 38.6 Å². The molecule has 0 unspecified atom stereocenters. The SMILES string of the molecule is Cc1ccc(C(=O)NC2CC2)cc1NC(=O)[C@H]1CC=CC[C@@H]1C(=O)O. The predicted octanol–water partition coefficient (Wildman–Crippen LogP) is 2.49. The van der Waals surface area contributed by atoms with Gasteiger partial charge in [-0.3, -0.25) is 14.4 Å². The first-order chi connectivity index (χ1) is 12.0. The Morgan fingerprint density at radius 1 is 1.08 bits per heavy atom. The fraction of sp³-hybridized carbons (Fsp3) is 0.421. The summed E-state index contributed by atoms with van der Waals surface area (Å²) in [6, 6.07) is 5.43. The zero-order valence-corrected chi connectivity index (χ0v) is 14.1. The van der Waals surface area contributed by atoms with Crippen LogP contribution in [-0.4, -0.2) is 28.9 Å². The van der Waals surface area contributed by atoms with E-state index in [0.717, 1.165) is 18.4 Å². The van der Waals surface area contributed by atoms with Gasteiger partial charge in [0, 0.05) is 17.3 Å². The molecule has 1 saturated carbocycles. The molecule has 3 N–H and O–H groups in total. The molecule has 3 rings (SSSR count). The molecule has 1 aromatic rings. The molecular weight excluding hydrogens is 320 g/mol. The number of carbonyl (C=O) groups is 3. The van der Waals surface area contributed by atoms with Crippen molar-refractivity contribution >= 4 is 23.5 Å². The first-order valence-corrected chi connectivity index (χ1v) is 8.56. The zero-order valence-electron chi connectivity index (χ0n) is 14.1. The molecule has 6 heteroatoms. The summed E-state index contributed by atoms with van der Waals surface area (Å²) in [6.07, 6.45) is 6.42. The van der Waals surface area contributed by atoms with Crippen LogP contribution in [0.5, 0.6) is 0 Å². The predicted molar refractivity (Wildman–Crippen MR) is 93.3 cm³/mol. The lowest BCUT2D eigenvalue weighted by Crippen LogP contribution is -2.35. The Morgan fingerprint density at radius 3 is 2.40 bits per heavy atom. The van der Waals surface area contributed by atoms with Crippen LogP contribution in [0.4, 0.5) is 5.69 Å². The largest absolute Gasteiger partial charge is 0.481 e. The maximum atomic E-state index is 12.6. The van der Waals surface area contributed by atoms with Gasteiger partial charge in [-0.25, -0.2) is 0 Å². The highest BCUT2D eigenvalue weighted by Gasteiger charge is 2.34. The van der Waals surface area contributed by atoms with E-state index in [-0.39, 0.29) is 17.9 Å². The molecule has 0 spiro atoms. The van der Waals surface area contributed by atoms with E-state index in [1.54, 1.807) is 24.3 Å². The van der Waals surface area contributed by atoms with Crippen LogP contribution in [0.2, 0.25) is 0 Å². The highest BCUT2D eigenvalue weighted by Crippen LogP contribution is 2.28. The summed E-state index contributed by atoms with van der Waals surface area (Å²) in [5.74, 6) is -2.75. The molecule has 1 fully saturated rings. The number of allylic oxidation sites excluding steroid dienone is 2. The van der Waals surface area contributed by atoms with Crippen LogP contribution in [0, 0.1) is 18.8 Å². The first-order valence-electron chi connectivity index (χ1n) is 8.56. The van der Waals surface area contributed by atoms with E-state index in [0.29, 0.717) is 24.1 Å². The number of carbonyl (C=O) groups excluding carboxylic acids is 2. The Morgan fingerprint density at radius 2 is 1.76 bits per heavy atom. The van der Waals surface area contributed by atoms with Crippen molar-refractivity contribution in [3.63, 3.8) is 0 Å². The lowest BCUT2D eigenvalue weighted by molar-refractivity contribution is -0.146. The van der Waals surface area contributed by atoms with Crippen molar-refractivity contribution in [2.75, 3.05) is 5.32 Å². The van der Waals surface area contributed by atoms with E-state index in [9.17, 15) is 19.5 Å². The van der Waals surface area contributed by atoms with Gasteiger partial charge in [0.2, 0.25) is 5.91 Å². The molecule has 1 aromatic carbocycles. The van der Waals surface area contributed by atoms with Crippen LogP contribution in [-0.2, 0) is 9.59 Å². The van der Waals surface area contributed by atoms with Crippen molar-refractivity contribution in [3.8, 4) is 0 Å². The van der Waals surface area contributed by atoms with Gasteiger partial charge in [0.1, 0.15) is 0 Å². The molecule has 0 radical (unpaired) electrons. The number of aryl methyl sites for hydroxylation is 1. The lowest BCUT2D eigenvalue weighted by atomic mass is 9.82. The third-order valence-corrected chi connectivity index (χ3v) is 4.76. The topological polar surface area (TPSA) is 95.5 Å². The molecule has 25 heavy (non-hydrogen) atoms. The molecule has 0 heterocycles. The third kappa shape index (κ3) is 4.07. The second-order valence-corrected chi connectivity index (χ2v) is 6.76. The number of rotatable bonds is 5. The van der Waals surface area contributed by atoms with Gasteiger partial charge < -0.3 is 15.7 Å². The number of carboxylic acids is 1. The van der Waals surface area contributed by atoms with Crippen molar-refractivity contribution in [1.82, 2.24) is 5.32 Å². The molecule has 0 saturated heterocycles. The lowest BCUT2D eigenvalue weighted by Gasteiger charge is -2.24. The number of amides is 2. The highest BCUT2D eigenvalue weighted by molar-refractivity contribution is 5.99. The molecule has 2 atom stereocenters. The average Bonchev–Trinajstić information content (AvgIpc) is 3.40.